The van der Waals surface area contributed by atoms with Gasteiger partial charge in [0.05, 0.1) is 25.0 Å². The van der Waals surface area contributed by atoms with E-state index < -0.39 is 0 Å². The van der Waals surface area contributed by atoms with Crippen LogP contribution in [0.5, 0.6) is 5.75 Å². The number of ether oxygens (including phenoxy) is 1. The third-order valence-electron chi connectivity index (χ3n) is 3.87. The predicted octanol–water partition coefficient (Wildman–Crippen LogP) is 3.68. The van der Waals surface area contributed by atoms with Gasteiger partial charge in [-0.2, -0.15) is 5.10 Å². The highest BCUT2D eigenvalue weighted by molar-refractivity contribution is 9.10. The molecule has 0 spiro atoms. The van der Waals surface area contributed by atoms with Crippen molar-refractivity contribution in [1.29, 1.82) is 0 Å². The molecule has 4 nitrogen and oxygen atoms in total. The molecule has 1 aliphatic rings. The fourth-order valence-electron chi connectivity index (χ4n) is 2.84. The molecular formula is C15H18BrN3O. The summed E-state index contributed by atoms with van der Waals surface area (Å²) >= 11 is 3.51. The highest BCUT2D eigenvalue weighted by Crippen LogP contribution is 2.36. The Bertz CT molecular complexity index is 624. The van der Waals surface area contributed by atoms with Gasteiger partial charge in [-0.15, -0.1) is 0 Å². The third-order valence-corrected chi connectivity index (χ3v) is 4.36. The van der Waals surface area contributed by atoms with Gasteiger partial charge in [-0.05, 0) is 37.5 Å². The van der Waals surface area contributed by atoms with Crippen LogP contribution in [0.4, 0.5) is 5.69 Å². The van der Waals surface area contributed by atoms with Crippen molar-refractivity contribution in [2.45, 2.75) is 25.3 Å². The first-order valence-corrected chi connectivity index (χ1v) is 7.59. The zero-order valence-electron chi connectivity index (χ0n) is 11.7. The van der Waals surface area contributed by atoms with Gasteiger partial charge in [0.2, 0.25) is 0 Å². The Hall–Kier alpha value is -1.49. The van der Waals surface area contributed by atoms with Crippen LogP contribution in [0, 0.1) is 0 Å². The van der Waals surface area contributed by atoms with Gasteiger partial charge in [-0.3, -0.25) is 4.68 Å². The number of aryl methyl sites for hydroxylation is 1. The minimum absolute atomic E-state index is 0.302. The number of rotatable bonds is 3. The smallest absolute Gasteiger partial charge is 0.142 e. The molecule has 106 valence electrons. The molecule has 1 atom stereocenters. The standard InChI is InChI=1S/C15H18BrN3O/c1-19-14-5-3-4-12(11(14)9-17-19)18-13-8-10(16)6-7-15(13)20-2/h6-9,12,18H,3-5H2,1-2H3. The monoisotopic (exact) mass is 335 g/mol. The second-order valence-electron chi connectivity index (χ2n) is 5.10. The van der Waals surface area contributed by atoms with E-state index in [0.717, 1.165) is 28.8 Å². The summed E-state index contributed by atoms with van der Waals surface area (Å²) in [5, 5.41) is 7.99. The molecule has 0 aliphatic heterocycles. The van der Waals surface area contributed by atoms with Crippen LogP contribution in [0.1, 0.15) is 30.1 Å². The summed E-state index contributed by atoms with van der Waals surface area (Å²) in [6.07, 6.45) is 5.39. The molecule has 0 saturated carbocycles. The van der Waals surface area contributed by atoms with Crippen LogP contribution >= 0.6 is 15.9 Å². The number of halogens is 1. The van der Waals surface area contributed by atoms with Crippen LogP contribution in [-0.4, -0.2) is 16.9 Å². The zero-order valence-corrected chi connectivity index (χ0v) is 13.3. The molecule has 20 heavy (non-hydrogen) atoms. The van der Waals surface area contributed by atoms with Crippen molar-refractivity contribution in [3.8, 4) is 5.75 Å². The second kappa shape index (κ2) is 5.48. The summed E-state index contributed by atoms with van der Waals surface area (Å²) in [7, 11) is 3.71. The molecule has 5 heteroatoms. The Morgan fingerprint density at radius 3 is 3.10 bits per heavy atom. The minimum Gasteiger partial charge on any atom is -0.495 e. The van der Waals surface area contributed by atoms with Crippen molar-refractivity contribution in [3.63, 3.8) is 0 Å². The van der Waals surface area contributed by atoms with Crippen molar-refractivity contribution < 1.29 is 4.74 Å². The summed E-state index contributed by atoms with van der Waals surface area (Å²) in [5.74, 6) is 0.865. The topological polar surface area (TPSA) is 39.1 Å². The van der Waals surface area contributed by atoms with Gasteiger partial charge >= 0.3 is 0 Å². The van der Waals surface area contributed by atoms with Gasteiger partial charge in [0.1, 0.15) is 5.75 Å². The number of hydrogen-bond acceptors (Lipinski definition) is 3. The number of nitrogens with one attached hydrogen (secondary N) is 1. The van der Waals surface area contributed by atoms with Gasteiger partial charge in [-0.25, -0.2) is 0 Å². The molecule has 0 amide bonds. The fraction of sp³-hybridized carbons (Fsp3) is 0.400. The Balaban J connectivity index is 1.91. The first kappa shape index (κ1) is 13.5. The van der Waals surface area contributed by atoms with Crippen molar-refractivity contribution in [2.24, 2.45) is 7.05 Å². The molecule has 2 aromatic rings. The Morgan fingerprint density at radius 1 is 1.45 bits per heavy atom. The molecule has 1 unspecified atom stereocenters. The maximum absolute atomic E-state index is 5.43. The summed E-state index contributed by atoms with van der Waals surface area (Å²) in [5.41, 5.74) is 3.66. The summed E-state index contributed by atoms with van der Waals surface area (Å²) in [6.45, 7) is 0. The first-order valence-electron chi connectivity index (χ1n) is 6.80. The number of methoxy groups -OCH3 is 1. The maximum Gasteiger partial charge on any atom is 0.142 e. The average Bonchev–Trinajstić information content (AvgIpc) is 2.82. The quantitative estimate of drug-likeness (QED) is 0.929. The Morgan fingerprint density at radius 2 is 2.30 bits per heavy atom. The van der Waals surface area contributed by atoms with E-state index in [1.165, 1.54) is 17.7 Å². The molecule has 3 rings (SSSR count). The predicted molar refractivity (Wildman–Crippen MR) is 83.2 cm³/mol. The molecule has 1 aromatic heterocycles. The van der Waals surface area contributed by atoms with Crippen LogP contribution in [0.25, 0.3) is 0 Å². The number of hydrogen-bond donors (Lipinski definition) is 1. The lowest BCUT2D eigenvalue weighted by Gasteiger charge is -2.25. The van der Waals surface area contributed by atoms with Gasteiger partial charge in [0.15, 0.2) is 0 Å². The lowest BCUT2D eigenvalue weighted by Crippen LogP contribution is -2.18. The van der Waals surface area contributed by atoms with Crippen LogP contribution in [0.15, 0.2) is 28.9 Å². The van der Waals surface area contributed by atoms with E-state index in [2.05, 4.69) is 32.4 Å². The minimum atomic E-state index is 0.302. The fourth-order valence-corrected chi connectivity index (χ4v) is 3.20. The van der Waals surface area contributed by atoms with E-state index in [9.17, 15) is 0 Å². The summed E-state index contributed by atoms with van der Waals surface area (Å²) in [6, 6.07) is 6.32. The zero-order chi connectivity index (χ0) is 14.1. The highest BCUT2D eigenvalue weighted by Gasteiger charge is 2.24. The maximum atomic E-state index is 5.43. The van der Waals surface area contributed by atoms with Crippen LogP contribution in [0.3, 0.4) is 0 Å². The highest BCUT2D eigenvalue weighted by atomic mass is 79.9. The SMILES string of the molecule is COc1ccc(Br)cc1NC1CCCc2c1cnn2C. The molecule has 0 saturated heterocycles. The normalized spacial score (nSPS) is 17.6. The van der Waals surface area contributed by atoms with E-state index in [0.29, 0.717) is 6.04 Å². The van der Waals surface area contributed by atoms with Gasteiger partial charge < -0.3 is 10.1 Å². The van der Waals surface area contributed by atoms with E-state index in [1.54, 1.807) is 7.11 Å². The van der Waals surface area contributed by atoms with Crippen molar-refractivity contribution in [3.05, 3.63) is 40.1 Å². The molecule has 0 radical (unpaired) electrons. The van der Waals surface area contributed by atoms with E-state index in [1.807, 2.05) is 30.1 Å². The lowest BCUT2D eigenvalue weighted by molar-refractivity contribution is 0.415. The molecule has 1 aliphatic carbocycles. The summed E-state index contributed by atoms with van der Waals surface area (Å²) in [4.78, 5) is 0. The molecule has 0 fully saturated rings. The van der Waals surface area contributed by atoms with Gasteiger partial charge in [0.25, 0.3) is 0 Å². The van der Waals surface area contributed by atoms with Crippen LogP contribution in [0.2, 0.25) is 0 Å². The number of nitrogens with zero attached hydrogens (tertiary/aromatic N) is 2. The Labute approximate surface area is 127 Å². The Kier molecular flexibility index (Phi) is 3.70. The number of fused-ring (bicyclic) bond motifs is 1. The molecule has 1 N–H and O–H groups in total. The summed E-state index contributed by atoms with van der Waals surface area (Å²) < 4.78 is 8.46. The largest absolute Gasteiger partial charge is 0.495 e. The first-order chi connectivity index (χ1) is 9.69. The molecule has 1 aromatic carbocycles. The van der Waals surface area contributed by atoms with E-state index >= 15 is 0 Å². The van der Waals surface area contributed by atoms with Crippen molar-refractivity contribution >= 4 is 21.6 Å². The van der Waals surface area contributed by atoms with Crippen LogP contribution in [-0.2, 0) is 13.5 Å². The average molecular weight is 336 g/mol. The van der Waals surface area contributed by atoms with Gasteiger partial charge in [-0.1, -0.05) is 15.9 Å². The number of aromatic nitrogens is 2. The molecular weight excluding hydrogens is 318 g/mol. The molecule has 0 bridgehead atoms. The van der Waals surface area contributed by atoms with E-state index in [4.69, 9.17) is 4.74 Å². The van der Waals surface area contributed by atoms with Crippen molar-refractivity contribution in [1.82, 2.24) is 9.78 Å². The second-order valence-corrected chi connectivity index (χ2v) is 6.02. The lowest BCUT2D eigenvalue weighted by atomic mass is 9.93. The number of benzene rings is 1. The van der Waals surface area contributed by atoms with E-state index in [-0.39, 0.29) is 0 Å². The number of anilines is 1. The molecule has 1 heterocycles. The third kappa shape index (κ3) is 2.42. The van der Waals surface area contributed by atoms with Crippen LogP contribution < -0.4 is 10.1 Å². The van der Waals surface area contributed by atoms with Gasteiger partial charge in [0, 0.05) is 22.8 Å². The van der Waals surface area contributed by atoms with Crippen molar-refractivity contribution in [2.75, 3.05) is 12.4 Å².